The van der Waals surface area contributed by atoms with E-state index in [1.165, 1.54) is 5.56 Å². The summed E-state index contributed by atoms with van der Waals surface area (Å²) in [5, 5.41) is 1.16. The van der Waals surface area contributed by atoms with Gasteiger partial charge in [-0.1, -0.05) is 42.5 Å². The zero-order valence-electron chi connectivity index (χ0n) is 20.0. The first kappa shape index (κ1) is 21.9. The minimum atomic E-state index is 0.274. The molecule has 6 nitrogen and oxygen atoms in total. The molecule has 0 radical (unpaired) electrons. The fraction of sp³-hybridized carbons (Fsp3) is 0.276. The summed E-state index contributed by atoms with van der Waals surface area (Å²) in [6.45, 7) is 3.41. The maximum atomic E-state index is 5.90. The van der Waals surface area contributed by atoms with Gasteiger partial charge in [-0.05, 0) is 37.5 Å². The molecule has 0 aliphatic heterocycles. The Morgan fingerprint density at radius 1 is 0.971 bits per heavy atom. The number of hydrogen-bond acceptors (Lipinski definition) is 5. The predicted molar refractivity (Wildman–Crippen MR) is 137 cm³/mol. The number of fused-ring (bicyclic) bond motifs is 2. The van der Waals surface area contributed by atoms with E-state index in [1.54, 1.807) is 7.11 Å². The molecule has 0 saturated heterocycles. The third kappa shape index (κ3) is 4.09. The van der Waals surface area contributed by atoms with Gasteiger partial charge in [-0.15, -0.1) is 0 Å². The van der Waals surface area contributed by atoms with Gasteiger partial charge in [-0.25, -0.2) is 9.97 Å². The van der Waals surface area contributed by atoms with Crippen LogP contribution in [0.4, 0.5) is 0 Å². The minimum Gasteiger partial charge on any atom is -0.382 e. The van der Waals surface area contributed by atoms with Crippen LogP contribution in [0.5, 0.6) is 0 Å². The lowest BCUT2D eigenvalue weighted by atomic mass is 9.79. The Morgan fingerprint density at radius 2 is 1.83 bits per heavy atom. The molecule has 2 aromatic carbocycles. The molecule has 1 fully saturated rings. The summed E-state index contributed by atoms with van der Waals surface area (Å²) in [6.07, 6.45) is 7.96. The van der Waals surface area contributed by atoms with Crippen molar-refractivity contribution in [2.45, 2.75) is 31.8 Å². The molecule has 0 spiro atoms. The van der Waals surface area contributed by atoms with Gasteiger partial charge < -0.3 is 9.47 Å². The Bertz CT molecular complexity index is 1490. The van der Waals surface area contributed by atoms with Crippen LogP contribution in [0.25, 0.3) is 39.1 Å². The molecule has 0 amide bonds. The van der Waals surface area contributed by atoms with Crippen molar-refractivity contribution >= 4 is 16.4 Å². The molecule has 0 bridgehead atoms. The molecule has 3 aromatic heterocycles. The van der Waals surface area contributed by atoms with Gasteiger partial charge in [0.05, 0.1) is 47.9 Å². The Labute approximate surface area is 204 Å². The lowest BCUT2D eigenvalue weighted by Gasteiger charge is -2.34. The molecule has 0 N–H and O–H groups in total. The average Bonchev–Trinajstić information content (AvgIpc) is 3.25. The normalized spacial score (nSPS) is 17.7. The summed E-state index contributed by atoms with van der Waals surface area (Å²) < 4.78 is 13.1. The number of pyridine rings is 1. The maximum Gasteiger partial charge on any atom is 0.145 e. The zero-order valence-corrected chi connectivity index (χ0v) is 20.0. The van der Waals surface area contributed by atoms with Gasteiger partial charge in [-0.3, -0.25) is 9.38 Å². The number of hydrogen-bond donors (Lipinski definition) is 0. The highest BCUT2D eigenvalue weighted by Crippen LogP contribution is 2.41. The second-order valence-corrected chi connectivity index (χ2v) is 9.23. The standard InChI is InChI=1S/C29H28N4O2/c1-19-14-25(20-6-4-3-5-7-20)31-26-17-21(8-9-24(19)26)29-32-28(27-18-30-10-11-33(27)29)22-15-23(16-22)35-13-12-34-2/h3-11,14,17-18,22-23H,12-13,15-16H2,1-2H3. The lowest BCUT2D eigenvalue weighted by molar-refractivity contribution is -0.0311. The van der Waals surface area contributed by atoms with Crippen molar-refractivity contribution < 1.29 is 9.47 Å². The molecule has 6 heteroatoms. The molecule has 176 valence electrons. The number of imidazole rings is 1. The average molecular weight is 465 g/mol. The van der Waals surface area contributed by atoms with E-state index in [-0.39, 0.29) is 6.10 Å². The quantitative estimate of drug-likeness (QED) is 0.284. The highest BCUT2D eigenvalue weighted by molar-refractivity contribution is 5.88. The maximum absolute atomic E-state index is 5.90. The topological polar surface area (TPSA) is 61.5 Å². The van der Waals surface area contributed by atoms with Gasteiger partial charge in [0.1, 0.15) is 5.82 Å². The van der Waals surface area contributed by atoms with Crippen LogP contribution in [0.1, 0.15) is 30.0 Å². The van der Waals surface area contributed by atoms with Crippen molar-refractivity contribution in [1.29, 1.82) is 0 Å². The fourth-order valence-electron chi connectivity index (χ4n) is 4.99. The molecule has 0 atom stereocenters. The van der Waals surface area contributed by atoms with E-state index in [1.807, 2.05) is 36.8 Å². The number of benzene rings is 2. The lowest BCUT2D eigenvalue weighted by Crippen LogP contribution is -2.31. The smallest absolute Gasteiger partial charge is 0.145 e. The highest BCUT2D eigenvalue weighted by atomic mass is 16.5. The molecule has 0 unspecified atom stereocenters. The molecule has 1 saturated carbocycles. The van der Waals surface area contributed by atoms with Crippen LogP contribution in [0.15, 0.2) is 73.2 Å². The van der Waals surface area contributed by atoms with Crippen LogP contribution < -0.4 is 0 Å². The van der Waals surface area contributed by atoms with Crippen LogP contribution in [0.3, 0.4) is 0 Å². The van der Waals surface area contributed by atoms with Crippen molar-refractivity contribution in [3.63, 3.8) is 0 Å². The molecule has 6 rings (SSSR count). The van der Waals surface area contributed by atoms with Gasteiger partial charge in [-0.2, -0.15) is 0 Å². The molecule has 5 aromatic rings. The van der Waals surface area contributed by atoms with E-state index in [0.717, 1.165) is 57.6 Å². The molecule has 1 aliphatic rings. The van der Waals surface area contributed by atoms with Gasteiger partial charge in [0.25, 0.3) is 0 Å². The Balaban J connectivity index is 1.37. The summed E-state index contributed by atoms with van der Waals surface area (Å²) >= 11 is 0. The second kappa shape index (κ2) is 9.21. The van der Waals surface area contributed by atoms with Crippen LogP contribution in [0, 0.1) is 6.92 Å². The Morgan fingerprint density at radius 3 is 2.66 bits per heavy atom. The molecular formula is C29H28N4O2. The van der Waals surface area contributed by atoms with Crippen molar-refractivity contribution in [3.8, 4) is 22.6 Å². The molecule has 1 aliphatic carbocycles. The Hall–Kier alpha value is -3.61. The SMILES string of the molecule is COCCOC1CC(c2nc(-c3ccc4c(C)cc(-c5ccccc5)nc4c3)n3ccncc23)C1. The largest absolute Gasteiger partial charge is 0.382 e. The van der Waals surface area contributed by atoms with Crippen molar-refractivity contribution in [3.05, 3.63) is 84.4 Å². The predicted octanol–water partition coefficient (Wildman–Crippen LogP) is 5.83. The molecule has 3 heterocycles. The summed E-state index contributed by atoms with van der Waals surface area (Å²) in [6, 6.07) is 19.0. The van der Waals surface area contributed by atoms with E-state index in [2.05, 4.69) is 52.7 Å². The van der Waals surface area contributed by atoms with Gasteiger partial charge >= 0.3 is 0 Å². The first-order valence-electron chi connectivity index (χ1n) is 12.1. The van der Waals surface area contributed by atoms with E-state index in [4.69, 9.17) is 19.4 Å². The third-order valence-electron chi connectivity index (χ3n) is 6.94. The van der Waals surface area contributed by atoms with Gasteiger partial charge in [0, 0.05) is 41.9 Å². The van der Waals surface area contributed by atoms with Crippen LogP contribution >= 0.6 is 0 Å². The second-order valence-electron chi connectivity index (χ2n) is 9.23. The minimum absolute atomic E-state index is 0.274. The summed E-state index contributed by atoms with van der Waals surface area (Å²) in [5.41, 5.74) is 7.51. The van der Waals surface area contributed by atoms with Crippen molar-refractivity contribution in [2.24, 2.45) is 0 Å². The van der Waals surface area contributed by atoms with E-state index in [9.17, 15) is 0 Å². The number of aromatic nitrogens is 4. The summed E-state index contributed by atoms with van der Waals surface area (Å²) in [7, 11) is 1.70. The highest BCUT2D eigenvalue weighted by Gasteiger charge is 2.34. The van der Waals surface area contributed by atoms with E-state index >= 15 is 0 Å². The number of rotatable bonds is 7. The number of ether oxygens (including phenoxy) is 2. The molecule has 35 heavy (non-hydrogen) atoms. The fourth-order valence-corrected chi connectivity index (χ4v) is 4.99. The summed E-state index contributed by atoms with van der Waals surface area (Å²) in [5.74, 6) is 1.30. The van der Waals surface area contributed by atoms with Crippen molar-refractivity contribution in [1.82, 2.24) is 19.4 Å². The molecular weight excluding hydrogens is 436 g/mol. The van der Waals surface area contributed by atoms with Gasteiger partial charge in [0.2, 0.25) is 0 Å². The number of nitrogens with zero attached hydrogens (tertiary/aromatic N) is 4. The van der Waals surface area contributed by atoms with Crippen LogP contribution in [-0.2, 0) is 9.47 Å². The third-order valence-corrected chi connectivity index (χ3v) is 6.94. The first-order chi connectivity index (χ1) is 17.2. The summed E-state index contributed by atoms with van der Waals surface area (Å²) in [4.78, 5) is 14.5. The van der Waals surface area contributed by atoms with Crippen LogP contribution in [0.2, 0.25) is 0 Å². The van der Waals surface area contributed by atoms with Crippen molar-refractivity contribution in [2.75, 3.05) is 20.3 Å². The van der Waals surface area contributed by atoms with E-state index < -0.39 is 0 Å². The van der Waals surface area contributed by atoms with E-state index in [0.29, 0.717) is 19.1 Å². The number of aryl methyl sites for hydroxylation is 1. The first-order valence-corrected chi connectivity index (χ1v) is 12.1. The Kier molecular flexibility index (Phi) is 5.76. The van der Waals surface area contributed by atoms with Crippen LogP contribution in [-0.4, -0.2) is 45.8 Å². The zero-order chi connectivity index (χ0) is 23.8. The van der Waals surface area contributed by atoms with Gasteiger partial charge in [0.15, 0.2) is 0 Å². The monoisotopic (exact) mass is 464 g/mol. The number of methoxy groups -OCH3 is 1.